The molecule has 0 unspecified atom stereocenters. The Labute approximate surface area is 156 Å². The van der Waals surface area contributed by atoms with Crippen LogP contribution in [0.5, 0.6) is 0 Å². The zero-order valence-corrected chi connectivity index (χ0v) is 15.0. The molecule has 3 aromatic rings. The minimum atomic E-state index is -4.40. The zero-order valence-electron chi connectivity index (χ0n) is 13.5. The van der Waals surface area contributed by atoms with Gasteiger partial charge in [-0.1, -0.05) is 12.1 Å². The number of nitrogens with zero attached hydrogens (tertiary/aromatic N) is 3. The van der Waals surface area contributed by atoms with Gasteiger partial charge in [-0.25, -0.2) is 9.97 Å². The molecule has 1 aromatic carbocycles. The Hall–Kier alpha value is -2.35. The summed E-state index contributed by atoms with van der Waals surface area (Å²) >= 11 is 3.32. The smallest absolute Gasteiger partial charge is 0.367 e. The maximum atomic E-state index is 13.0. The number of hydrogen-bond acceptors (Lipinski definition) is 3. The van der Waals surface area contributed by atoms with Gasteiger partial charge in [0.2, 0.25) is 0 Å². The van der Waals surface area contributed by atoms with E-state index in [9.17, 15) is 13.2 Å². The molecule has 2 heterocycles. The molecule has 4 nitrogen and oxygen atoms in total. The third-order valence-corrected chi connectivity index (χ3v) is 4.46. The fourth-order valence-electron chi connectivity index (χ4n) is 2.67. The number of hydrogen-bond donors (Lipinski definition) is 1. The van der Waals surface area contributed by atoms with Crippen molar-refractivity contribution in [2.75, 3.05) is 5.32 Å². The maximum Gasteiger partial charge on any atom is 0.416 e. The maximum absolute atomic E-state index is 13.0. The molecule has 26 heavy (non-hydrogen) atoms. The first-order chi connectivity index (χ1) is 12.4. The van der Waals surface area contributed by atoms with Crippen molar-refractivity contribution in [3.8, 4) is 17.1 Å². The Bertz CT molecular complexity index is 948. The molecule has 134 valence electrons. The zero-order chi connectivity index (χ0) is 18.3. The van der Waals surface area contributed by atoms with Crippen LogP contribution in [0.1, 0.15) is 18.4 Å². The highest BCUT2D eigenvalue weighted by Crippen LogP contribution is 2.33. The van der Waals surface area contributed by atoms with Crippen LogP contribution in [-0.4, -0.2) is 20.6 Å². The van der Waals surface area contributed by atoms with Crippen LogP contribution in [-0.2, 0) is 6.18 Å². The first-order valence-electron chi connectivity index (χ1n) is 8.05. The normalized spacial score (nSPS) is 14.5. The summed E-state index contributed by atoms with van der Waals surface area (Å²) < 4.78 is 41.4. The van der Waals surface area contributed by atoms with Gasteiger partial charge >= 0.3 is 6.18 Å². The van der Waals surface area contributed by atoms with Gasteiger partial charge in [-0.05, 0) is 47.0 Å². The van der Waals surface area contributed by atoms with Crippen molar-refractivity contribution in [3.05, 3.63) is 59.0 Å². The van der Waals surface area contributed by atoms with Crippen molar-refractivity contribution in [2.45, 2.75) is 25.1 Å². The van der Waals surface area contributed by atoms with Crippen LogP contribution in [0.3, 0.4) is 0 Å². The Balaban J connectivity index is 1.76. The van der Waals surface area contributed by atoms with Crippen LogP contribution in [0, 0.1) is 0 Å². The molecule has 0 atom stereocenters. The Morgan fingerprint density at radius 3 is 2.69 bits per heavy atom. The van der Waals surface area contributed by atoms with Crippen molar-refractivity contribution in [1.82, 2.24) is 14.5 Å². The number of rotatable bonds is 4. The summed E-state index contributed by atoms with van der Waals surface area (Å²) in [6.45, 7) is 0. The average Bonchev–Trinajstić information content (AvgIpc) is 3.33. The molecule has 0 spiro atoms. The molecule has 1 saturated carbocycles. The number of anilines is 1. The summed E-state index contributed by atoms with van der Waals surface area (Å²) in [5.41, 5.74) is 0.458. The number of pyridine rings is 1. The van der Waals surface area contributed by atoms with E-state index in [-0.39, 0.29) is 0 Å². The van der Waals surface area contributed by atoms with E-state index in [1.807, 2.05) is 6.07 Å². The Morgan fingerprint density at radius 1 is 1.15 bits per heavy atom. The van der Waals surface area contributed by atoms with Gasteiger partial charge < -0.3 is 5.32 Å². The van der Waals surface area contributed by atoms with Gasteiger partial charge in [0.05, 0.1) is 11.3 Å². The molecule has 0 aliphatic heterocycles. The van der Waals surface area contributed by atoms with Crippen molar-refractivity contribution in [2.24, 2.45) is 0 Å². The first-order valence-corrected chi connectivity index (χ1v) is 8.85. The van der Waals surface area contributed by atoms with E-state index >= 15 is 0 Å². The number of alkyl halides is 3. The lowest BCUT2D eigenvalue weighted by Crippen LogP contribution is -2.06. The van der Waals surface area contributed by atoms with E-state index in [2.05, 4.69) is 31.2 Å². The summed E-state index contributed by atoms with van der Waals surface area (Å²) in [6.07, 6.45) is 1.24. The first kappa shape index (κ1) is 17.1. The molecule has 1 N–H and O–H groups in total. The lowest BCUT2D eigenvalue weighted by molar-refractivity contribution is -0.137. The minimum absolute atomic E-state index is 0.388. The van der Waals surface area contributed by atoms with Gasteiger partial charge in [0.15, 0.2) is 0 Å². The molecular weight excluding hydrogens is 409 g/mol. The van der Waals surface area contributed by atoms with Crippen molar-refractivity contribution < 1.29 is 13.2 Å². The largest absolute Gasteiger partial charge is 0.416 e. The molecule has 2 aromatic heterocycles. The Kier molecular flexibility index (Phi) is 4.22. The number of halogens is 4. The van der Waals surface area contributed by atoms with Crippen molar-refractivity contribution >= 4 is 21.7 Å². The molecule has 0 radical (unpaired) electrons. The lowest BCUT2D eigenvalue weighted by Gasteiger charge is -2.12. The highest BCUT2D eigenvalue weighted by Gasteiger charge is 2.31. The van der Waals surface area contributed by atoms with E-state index in [0.29, 0.717) is 22.0 Å². The van der Waals surface area contributed by atoms with Crippen molar-refractivity contribution in [1.29, 1.82) is 0 Å². The summed E-state index contributed by atoms with van der Waals surface area (Å²) in [5.74, 6) is 1.16. The second-order valence-electron chi connectivity index (χ2n) is 6.15. The highest BCUT2D eigenvalue weighted by molar-refractivity contribution is 9.10. The topological polar surface area (TPSA) is 42.7 Å². The lowest BCUT2D eigenvalue weighted by atomic mass is 10.1. The number of imidazole rings is 1. The minimum Gasteiger partial charge on any atom is -0.367 e. The van der Waals surface area contributed by atoms with Gasteiger partial charge in [-0.15, -0.1) is 0 Å². The second kappa shape index (κ2) is 6.42. The molecule has 1 fully saturated rings. The number of aromatic nitrogens is 3. The molecule has 0 saturated heterocycles. The number of nitrogens with one attached hydrogen (secondary N) is 1. The van der Waals surface area contributed by atoms with Crippen molar-refractivity contribution in [3.63, 3.8) is 0 Å². The fraction of sp³-hybridized carbons (Fsp3) is 0.222. The molecule has 0 bridgehead atoms. The predicted octanol–water partition coefficient (Wildman–Crippen LogP) is 5.29. The SMILES string of the molecule is FC(F)(F)c1cccc(-c2nc(Br)cn2-c2ccnc(NC3CC3)c2)c1. The molecule has 1 aliphatic carbocycles. The van der Waals surface area contributed by atoms with E-state index < -0.39 is 11.7 Å². The standard InChI is InChI=1S/C18H14BrF3N4/c19-15-10-26(14-6-7-23-16(9-14)24-13-4-5-13)17(25-15)11-2-1-3-12(8-11)18(20,21)22/h1-3,6-10,13H,4-5H2,(H,23,24). The van der Waals surface area contributed by atoms with Gasteiger partial charge in [-0.3, -0.25) is 4.57 Å². The fourth-order valence-corrected chi connectivity index (χ4v) is 3.04. The van der Waals surface area contributed by atoms with Crippen LogP contribution >= 0.6 is 15.9 Å². The average molecular weight is 423 g/mol. The van der Waals surface area contributed by atoms with Crippen LogP contribution < -0.4 is 5.32 Å². The van der Waals surface area contributed by atoms with Crippen LogP contribution in [0.4, 0.5) is 19.0 Å². The molecular formula is C18H14BrF3N4. The third kappa shape index (κ3) is 3.60. The molecule has 8 heteroatoms. The molecule has 0 amide bonds. The van der Waals surface area contributed by atoms with Gasteiger partial charge in [0, 0.05) is 30.1 Å². The van der Waals surface area contributed by atoms with Crippen LogP contribution in [0.15, 0.2) is 53.4 Å². The van der Waals surface area contributed by atoms with E-state index in [0.717, 1.165) is 36.5 Å². The van der Waals surface area contributed by atoms with Gasteiger partial charge in [0.25, 0.3) is 0 Å². The van der Waals surface area contributed by atoms with E-state index in [1.165, 1.54) is 6.07 Å². The van der Waals surface area contributed by atoms with E-state index in [1.54, 1.807) is 29.1 Å². The second-order valence-corrected chi connectivity index (χ2v) is 6.97. The summed E-state index contributed by atoms with van der Waals surface area (Å²) in [6, 6.07) is 9.27. The monoisotopic (exact) mass is 422 g/mol. The summed E-state index contributed by atoms with van der Waals surface area (Å²) in [4.78, 5) is 8.65. The van der Waals surface area contributed by atoms with Gasteiger partial charge in [-0.2, -0.15) is 13.2 Å². The Morgan fingerprint density at radius 2 is 1.96 bits per heavy atom. The van der Waals surface area contributed by atoms with E-state index in [4.69, 9.17) is 0 Å². The van der Waals surface area contributed by atoms with Crippen LogP contribution in [0.2, 0.25) is 0 Å². The van der Waals surface area contributed by atoms with Gasteiger partial charge in [0.1, 0.15) is 16.2 Å². The molecule has 4 rings (SSSR count). The summed E-state index contributed by atoms with van der Waals surface area (Å²) in [5, 5.41) is 3.32. The predicted molar refractivity (Wildman–Crippen MR) is 96.1 cm³/mol. The van der Waals surface area contributed by atoms with Crippen LogP contribution in [0.25, 0.3) is 17.1 Å². The summed E-state index contributed by atoms with van der Waals surface area (Å²) in [7, 11) is 0. The quantitative estimate of drug-likeness (QED) is 0.620. The highest BCUT2D eigenvalue weighted by atomic mass is 79.9. The third-order valence-electron chi connectivity index (χ3n) is 4.08. The molecule has 1 aliphatic rings. The number of benzene rings is 1.